The molecule has 0 saturated carbocycles. The van der Waals surface area contributed by atoms with E-state index in [-0.39, 0.29) is 10.7 Å². The van der Waals surface area contributed by atoms with Crippen molar-refractivity contribution in [3.8, 4) is 0 Å². The molecule has 2 rings (SSSR count). The molecule has 1 saturated heterocycles. The summed E-state index contributed by atoms with van der Waals surface area (Å²) in [6.07, 6.45) is 1.53. The van der Waals surface area contributed by atoms with Crippen LogP contribution in [0.25, 0.3) is 0 Å². The average molecular weight is 269 g/mol. The maximum absolute atomic E-state index is 11.5. The minimum absolute atomic E-state index is 0.262. The molecule has 1 fully saturated rings. The molecule has 0 atom stereocenters. The molecule has 5 nitrogen and oxygen atoms in total. The number of thioether (sulfide) groups is 1. The number of amides is 1. The highest BCUT2D eigenvalue weighted by molar-refractivity contribution is 8.00. The van der Waals surface area contributed by atoms with Crippen LogP contribution in [0.5, 0.6) is 0 Å². The van der Waals surface area contributed by atoms with Crippen molar-refractivity contribution in [1.29, 1.82) is 0 Å². The van der Waals surface area contributed by atoms with E-state index in [4.69, 9.17) is 10.3 Å². The summed E-state index contributed by atoms with van der Waals surface area (Å²) in [6.45, 7) is 7.25. The fourth-order valence-electron chi connectivity index (χ4n) is 2.22. The monoisotopic (exact) mass is 269 g/mol. The van der Waals surface area contributed by atoms with Gasteiger partial charge in [0.25, 0.3) is 0 Å². The zero-order chi connectivity index (χ0) is 13.2. The second-order valence-electron chi connectivity index (χ2n) is 5.07. The molecule has 6 heteroatoms. The predicted octanol–water partition coefficient (Wildman–Crippen LogP) is 1.21. The van der Waals surface area contributed by atoms with Gasteiger partial charge in [-0.25, -0.2) is 5.84 Å². The molecule has 0 aromatic carbocycles. The fraction of sp³-hybridized carbons (Fsp3) is 0.583. The number of hydrogen-bond donors (Lipinski definition) is 2. The molecule has 3 N–H and O–H groups in total. The van der Waals surface area contributed by atoms with Gasteiger partial charge < -0.3 is 4.42 Å². The van der Waals surface area contributed by atoms with Gasteiger partial charge in [-0.15, -0.1) is 0 Å². The summed E-state index contributed by atoms with van der Waals surface area (Å²) in [7, 11) is 0. The number of carbonyl (C=O) groups excluding carboxylic acids is 1. The number of hydrogen-bond acceptors (Lipinski definition) is 5. The van der Waals surface area contributed by atoms with Crippen molar-refractivity contribution in [2.75, 3.05) is 18.8 Å². The van der Waals surface area contributed by atoms with Crippen LogP contribution in [0.2, 0.25) is 0 Å². The first-order valence-corrected chi connectivity index (χ1v) is 6.94. The first-order valence-electron chi connectivity index (χ1n) is 5.95. The topological polar surface area (TPSA) is 71.5 Å². The SMILES string of the molecule is CC1(C)CN(Cc2ccoc2C(=O)NN)CCS1. The lowest BCUT2D eigenvalue weighted by atomic mass is 10.1. The van der Waals surface area contributed by atoms with Crippen LogP contribution in [0.1, 0.15) is 30.0 Å². The number of nitrogen functional groups attached to an aromatic ring is 1. The maximum Gasteiger partial charge on any atom is 0.301 e. The van der Waals surface area contributed by atoms with Crippen LogP contribution < -0.4 is 11.3 Å². The van der Waals surface area contributed by atoms with E-state index in [2.05, 4.69) is 24.2 Å². The van der Waals surface area contributed by atoms with Gasteiger partial charge >= 0.3 is 5.91 Å². The molecule has 0 unspecified atom stereocenters. The summed E-state index contributed by atoms with van der Waals surface area (Å²) in [5.74, 6) is 6.19. The predicted molar refractivity (Wildman–Crippen MR) is 72.2 cm³/mol. The summed E-state index contributed by atoms with van der Waals surface area (Å²) in [4.78, 5) is 13.9. The number of nitrogens with one attached hydrogen (secondary N) is 1. The van der Waals surface area contributed by atoms with Gasteiger partial charge in [-0.05, 0) is 19.9 Å². The number of rotatable bonds is 3. The Balaban J connectivity index is 2.05. The number of hydrazine groups is 1. The van der Waals surface area contributed by atoms with E-state index in [1.807, 2.05) is 17.8 Å². The largest absolute Gasteiger partial charge is 0.459 e. The van der Waals surface area contributed by atoms with Crippen molar-refractivity contribution in [2.24, 2.45) is 5.84 Å². The molecule has 0 spiro atoms. The quantitative estimate of drug-likeness (QED) is 0.490. The Morgan fingerprint density at radius 3 is 3.11 bits per heavy atom. The van der Waals surface area contributed by atoms with Gasteiger partial charge in [0.2, 0.25) is 0 Å². The van der Waals surface area contributed by atoms with Crippen molar-refractivity contribution >= 4 is 17.7 Å². The Labute approximate surface area is 111 Å². The molecular weight excluding hydrogens is 250 g/mol. The number of nitrogens with zero attached hydrogens (tertiary/aromatic N) is 1. The first-order chi connectivity index (χ1) is 8.52. The molecular formula is C12H19N3O2S. The normalized spacial score (nSPS) is 19.7. The smallest absolute Gasteiger partial charge is 0.301 e. The molecule has 1 aliphatic heterocycles. The fourth-order valence-corrected chi connectivity index (χ4v) is 3.39. The van der Waals surface area contributed by atoms with E-state index >= 15 is 0 Å². The summed E-state index contributed by atoms with van der Waals surface area (Å²) >= 11 is 1.99. The minimum Gasteiger partial charge on any atom is -0.459 e. The third kappa shape index (κ3) is 3.07. The molecule has 1 aliphatic rings. The Morgan fingerprint density at radius 1 is 1.67 bits per heavy atom. The molecule has 2 heterocycles. The van der Waals surface area contributed by atoms with Crippen molar-refractivity contribution in [2.45, 2.75) is 25.1 Å². The Morgan fingerprint density at radius 2 is 2.44 bits per heavy atom. The molecule has 1 aromatic heterocycles. The molecule has 0 radical (unpaired) electrons. The molecule has 0 aliphatic carbocycles. The van der Waals surface area contributed by atoms with Gasteiger partial charge in [0, 0.05) is 35.7 Å². The van der Waals surface area contributed by atoms with E-state index in [1.54, 1.807) is 0 Å². The van der Waals surface area contributed by atoms with E-state index < -0.39 is 0 Å². The van der Waals surface area contributed by atoms with Crippen LogP contribution in [0, 0.1) is 0 Å². The number of carbonyl (C=O) groups is 1. The van der Waals surface area contributed by atoms with Crippen molar-refractivity contribution in [3.05, 3.63) is 23.7 Å². The van der Waals surface area contributed by atoms with Crippen molar-refractivity contribution in [3.63, 3.8) is 0 Å². The molecule has 18 heavy (non-hydrogen) atoms. The lowest BCUT2D eigenvalue weighted by molar-refractivity contribution is 0.0923. The lowest BCUT2D eigenvalue weighted by Crippen LogP contribution is -2.42. The zero-order valence-electron chi connectivity index (χ0n) is 10.7. The van der Waals surface area contributed by atoms with Crippen LogP contribution in [-0.4, -0.2) is 34.4 Å². The Hall–Kier alpha value is -0.980. The van der Waals surface area contributed by atoms with E-state index in [0.29, 0.717) is 5.76 Å². The van der Waals surface area contributed by atoms with E-state index in [0.717, 1.165) is 31.0 Å². The highest BCUT2D eigenvalue weighted by atomic mass is 32.2. The minimum atomic E-state index is -0.374. The average Bonchev–Trinajstić information content (AvgIpc) is 2.75. The highest BCUT2D eigenvalue weighted by Gasteiger charge is 2.28. The Kier molecular flexibility index (Phi) is 3.99. The summed E-state index contributed by atoms with van der Waals surface area (Å²) < 4.78 is 5.45. The maximum atomic E-state index is 11.5. The van der Waals surface area contributed by atoms with Gasteiger partial charge in [0.1, 0.15) is 0 Å². The third-order valence-electron chi connectivity index (χ3n) is 2.98. The van der Waals surface area contributed by atoms with Crippen LogP contribution >= 0.6 is 11.8 Å². The van der Waals surface area contributed by atoms with Crippen molar-refractivity contribution < 1.29 is 9.21 Å². The van der Waals surface area contributed by atoms with Gasteiger partial charge in [-0.1, -0.05) is 0 Å². The number of nitrogens with two attached hydrogens (primary N) is 1. The molecule has 1 aromatic rings. The summed E-state index contributed by atoms with van der Waals surface area (Å²) in [6, 6.07) is 1.83. The van der Waals surface area contributed by atoms with Crippen LogP contribution in [0.3, 0.4) is 0 Å². The Bertz CT molecular complexity index is 431. The van der Waals surface area contributed by atoms with Crippen LogP contribution in [0.15, 0.2) is 16.7 Å². The van der Waals surface area contributed by atoms with E-state index in [9.17, 15) is 4.79 Å². The van der Waals surface area contributed by atoms with E-state index in [1.165, 1.54) is 6.26 Å². The standard InChI is InChI=1S/C12H19N3O2S/c1-12(2)8-15(4-6-18-12)7-9-3-5-17-10(9)11(16)14-13/h3,5H,4,6-8,13H2,1-2H3,(H,14,16). The highest BCUT2D eigenvalue weighted by Crippen LogP contribution is 2.30. The van der Waals surface area contributed by atoms with Gasteiger partial charge in [-0.2, -0.15) is 11.8 Å². The van der Waals surface area contributed by atoms with Crippen molar-refractivity contribution in [1.82, 2.24) is 10.3 Å². The summed E-state index contributed by atoms with van der Waals surface area (Å²) in [5.41, 5.74) is 3.00. The van der Waals surface area contributed by atoms with Crippen LogP contribution in [-0.2, 0) is 6.54 Å². The summed E-state index contributed by atoms with van der Waals surface area (Å²) in [5, 5.41) is 0. The lowest BCUT2D eigenvalue weighted by Gasteiger charge is -2.37. The molecule has 0 bridgehead atoms. The third-order valence-corrected chi connectivity index (χ3v) is 4.28. The number of furan rings is 1. The van der Waals surface area contributed by atoms with Gasteiger partial charge in [-0.3, -0.25) is 15.1 Å². The first kappa shape index (κ1) is 13.5. The second-order valence-corrected chi connectivity index (χ2v) is 6.87. The van der Waals surface area contributed by atoms with Crippen LogP contribution in [0.4, 0.5) is 0 Å². The second kappa shape index (κ2) is 5.34. The van der Waals surface area contributed by atoms with Gasteiger partial charge in [0.15, 0.2) is 5.76 Å². The zero-order valence-corrected chi connectivity index (χ0v) is 11.5. The molecule has 1 amide bonds. The van der Waals surface area contributed by atoms with Gasteiger partial charge in [0.05, 0.1) is 6.26 Å². The molecule has 100 valence electrons.